The Morgan fingerprint density at radius 3 is 1.36 bits per heavy atom. The molecule has 0 nitrogen and oxygen atoms in total. The zero-order chi connectivity index (χ0) is 19.9. The summed E-state index contributed by atoms with van der Waals surface area (Å²) in [6, 6.07) is 33.4. The molecule has 0 unspecified atom stereocenters. The number of hydrogen-bond donors (Lipinski definition) is 0. The van der Waals surface area contributed by atoms with Gasteiger partial charge in [0, 0.05) is 0 Å². The van der Waals surface area contributed by atoms with Gasteiger partial charge in [0.1, 0.15) is 0 Å². The number of hydrogen-bond acceptors (Lipinski definition) is 0. The molecule has 0 aromatic heterocycles. The maximum absolute atomic E-state index is 4.53. The SMILES string of the molecule is CC(C)CCCCCP(Br)(c1ccccc1)(c1ccccc1)c1ccccc1. The molecule has 0 aliphatic heterocycles. The van der Waals surface area contributed by atoms with Crippen LogP contribution in [0.5, 0.6) is 0 Å². The molecule has 0 N–H and O–H groups in total. The van der Waals surface area contributed by atoms with Gasteiger partial charge in [-0.2, -0.15) is 0 Å². The third-order valence-corrected chi connectivity index (χ3v) is 15.8. The van der Waals surface area contributed by atoms with Crippen molar-refractivity contribution in [2.45, 2.75) is 39.5 Å². The fourth-order valence-corrected chi connectivity index (χ4v) is 11.9. The molecule has 3 aromatic rings. The summed E-state index contributed by atoms with van der Waals surface area (Å²) in [7, 11) is 0. The monoisotopic (exact) mass is 454 g/mol. The van der Waals surface area contributed by atoms with Crippen LogP contribution in [-0.4, -0.2) is 6.16 Å². The van der Waals surface area contributed by atoms with E-state index in [0.29, 0.717) is 0 Å². The molecule has 0 saturated heterocycles. The standard InChI is InChI=1S/C26H32BrP/c1-23(2)15-7-6-14-22-28(27,24-16-8-3-9-17-24,25-18-10-4-11-19-25)26-20-12-5-13-21-26/h3-5,8-13,16-21,23H,6-7,14-15,22H2,1-2H3. The van der Waals surface area contributed by atoms with Gasteiger partial charge in [-0.15, -0.1) is 0 Å². The van der Waals surface area contributed by atoms with Crippen molar-refractivity contribution in [2.24, 2.45) is 5.92 Å². The van der Waals surface area contributed by atoms with Crippen LogP contribution >= 0.6 is 20.8 Å². The van der Waals surface area contributed by atoms with Crippen LogP contribution in [0.3, 0.4) is 0 Å². The number of benzene rings is 3. The summed E-state index contributed by atoms with van der Waals surface area (Å²) >= 11 is 4.53. The molecule has 0 spiro atoms. The van der Waals surface area contributed by atoms with Gasteiger partial charge in [0.05, 0.1) is 0 Å². The van der Waals surface area contributed by atoms with Gasteiger partial charge in [-0.25, -0.2) is 0 Å². The first-order valence-corrected chi connectivity index (χ1v) is 14.9. The summed E-state index contributed by atoms with van der Waals surface area (Å²) in [6.07, 6.45) is 6.31. The summed E-state index contributed by atoms with van der Waals surface area (Å²) in [5.41, 5.74) is 0. The van der Waals surface area contributed by atoms with Gasteiger partial charge in [0.2, 0.25) is 0 Å². The van der Waals surface area contributed by atoms with E-state index in [-0.39, 0.29) is 0 Å². The molecule has 0 saturated carbocycles. The van der Waals surface area contributed by atoms with Crippen LogP contribution in [0.15, 0.2) is 91.0 Å². The molecule has 0 radical (unpaired) electrons. The first kappa shape index (κ1) is 21.3. The number of rotatable bonds is 9. The Hall–Kier alpha value is -1.43. The third-order valence-electron chi connectivity index (χ3n) is 5.74. The first-order valence-electron chi connectivity index (χ1n) is 10.5. The molecule has 28 heavy (non-hydrogen) atoms. The van der Waals surface area contributed by atoms with Crippen molar-refractivity contribution >= 4 is 36.7 Å². The number of unbranched alkanes of at least 4 members (excludes halogenated alkanes) is 2. The Kier molecular flexibility index (Phi) is 7.13. The van der Waals surface area contributed by atoms with Gasteiger partial charge >= 0.3 is 179 Å². The average Bonchev–Trinajstić information content (AvgIpc) is 2.75. The van der Waals surface area contributed by atoms with Crippen molar-refractivity contribution < 1.29 is 0 Å². The van der Waals surface area contributed by atoms with E-state index in [2.05, 4.69) is 120 Å². The first-order chi connectivity index (χ1) is 13.6. The minimum atomic E-state index is -2.70. The molecule has 0 aliphatic carbocycles. The Morgan fingerprint density at radius 1 is 0.607 bits per heavy atom. The Morgan fingerprint density at radius 2 is 1.00 bits per heavy atom. The quantitative estimate of drug-likeness (QED) is 0.240. The van der Waals surface area contributed by atoms with E-state index in [4.69, 9.17) is 0 Å². The Bertz CT molecular complexity index is 744. The van der Waals surface area contributed by atoms with E-state index in [1.165, 1.54) is 41.6 Å². The molecule has 0 aliphatic rings. The van der Waals surface area contributed by atoms with Crippen molar-refractivity contribution in [3.63, 3.8) is 0 Å². The molecule has 0 atom stereocenters. The van der Waals surface area contributed by atoms with Crippen LogP contribution in [0.25, 0.3) is 0 Å². The zero-order valence-corrected chi connectivity index (χ0v) is 19.6. The van der Waals surface area contributed by atoms with Gasteiger partial charge in [-0.3, -0.25) is 0 Å². The van der Waals surface area contributed by atoms with Gasteiger partial charge in [0.15, 0.2) is 0 Å². The van der Waals surface area contributed by atoms with Crippen molar-refractivity contribution in [1.82, 2.24) is 0 Å². The van der Waals surface area contributed by atoms with Crippen molar-refractivity contribution in [2.75, 3.05) is 6.16 Å². The second-order valence-corrected chi connectivity index (χ2v) is 17.2. The van der Waals surface area contributed by atoms with Gasteiger partial charge in [-0.1, -0.05) is 0 Å². The second-order valence-electron chi connectivity index (χ2n) is 8.16. The van der Waals surface area contributed by atoms with Crippen LogP contribution in [0.1, 0.15) is 39.5 Å². The van der Waals surface area contributed by atoms with Crippen LogP contribution < -0.4 is 15.9 Å². The van der Waals surface area contributed by atoms with Crippen molar-refractivity contribution in [3.8, 4) is 0 Å². The van der Waals surface area contributed by atoms with Crippen molar-refractivity contribution in [3.05, 3.63) is 91.0 Å². The molecule has 0 amide bonds. The minimum absolute atomic E-state index is 0.788. The molecule has 0 bridgehead atoms. The normalized spacial score (nSPS) is 13.2. The molecule has 148 valence electrons. The molecule has 0 fully saturated rings. The Labute approximate surface area is 179 Å². The summed E-state index contributed by atoms with van der Waals surface area (Å²) < 4.78 is 0. The molecule has 0 heterocycles. The van der Waals surface area contributed by atoms with E-state index in [9.17, 15) is 0 Å². The summed E-state index contributed by atoms with van der Waals surface area (Å²) in [6.45, 7) is 4.64. The average molecular weight is 455 g/mol. The van der Waals surface area contributed by atoms with E-state index in [1.54, 1.807) is 0 Å². The van der Waals surface area contributed by atoms with Crippen LogP contribution in [-0.2, 0) is 0 Å². The summed E-state index contributed by atoms with van der Waals surface area (Å²) in [4.78, 5) is 0. The van der Waals surface area contributed by atoms with E-state index < -0.39 is 5.31 Å². The topological polar surface area (TPSA) is 0 Å². The number of halogens is 1. The zero-order valence-electron chi connectivity index (χ0n) is 17.1. The van der Waals surface area contributed by atoms with Gasteiger partial charge < -0.3 is 0 Å². The van der Waals surface area contributed by atoms with Crippen LogP contribution in [0.2, 0.25) is 0 Å². The van der Waals surface area contributed by atoms with E-state index >= 15 is 0 Å². The summed E-state index contributed by atoms with van der Waals surface area (Å²) in [5, 5.41) is 1.58. The predicted octanol–water partition coefficient (Wildman–Crippen LogP) is 7.04. The van der Waals surface area contributed by atoms with E-state index in [0.717, 1.165) is 12.1 Å². The fraction of sp³-hybridized carbons (Fsp3) is 0.308. The van der Waals surface area contributed by atoms with Crippen LogP contribution in [0, 0.1) is 5.92 Å². The fourth-order valence-electron chi connectivity index (χ4n) is 4.19. The van der Waals surface area contributed by atoms with E-state index in [1.807, 2.05) is 0 Å². The molecular weight excluding hydrogens is 423 g/mol. The predicted molar refractivity (Wildman–Crippen MR) is 132 cm³/mol. The molecule has 3 rings (SSSR count). The molecule has 2 heteroatoms. The Balaban J connectivity index is 2.11. The van der Waals surface area contributed by atoms with Gasteiger partial charge in [0.25, 0.3) is 0 Å². The maximum atomic E-state index is 4.53. The second kappa shape index (κ2) is 9.38. The van der Waals surface area contributed by atoms with Crippen LogP contribution in [0.4, 0.5) is 0 Å². The third kappa shape index (κ3) is 4.27. The molecular formula is C26H32BrP. The summed E-state index contributed by atoms with van der Waals surface area (Å²) in [5.74, 6) is 0.788. The van der Waals surface area contributed by atoms with Crippen molar-refractivity contribution in [1.29, 1.82) is 0 Å². The molecule has 3 aromatic carbocycles. The van der Waals surface area contributed by atoms with Gasteiger partial charge in [-0.05, 0) is 0 Å².